The van der Waals surface area contributed by atoms with E-state index in [1.54, 1.807) is 4.90 Å². The molecule has 0 aromatic carbocycles. The molecule has 1 amide bonds. The smallest absolute Gasteiger partial charge is 0.239 e. The second-order valence-corrected chi connectivity index (χ2v) is 6.97. The zero-order valence-electron chi connectivity index (χ0n) is 9.26. The van der Waals surface area contributed by atoms with Crippen molar-refractivity contribution in [1.29, 1.82) is 0 Å². The fraction of sp³-hybridized carbons (Fsp3) is 0.900. The van der Waals surface area contributed by atoms with Gasteiger partial charge in [0.05, 0.1) is 17.5 Å². The van der Waals surface area contributed by atoms with Crippen molar-refractivity contribution in [2.45, 2.75) is 37.8 Å². The molecule has 92 valence electrons. The van der Waals surface area contributed by atoms with Crippen LogP contribution in [0.5, 0.6) is 0 Å². The van der Waals surface area contributed by atoms with Crippen molar-refractivity contribution in [1.82, 2.24) is 4.90 Å². The van der Waals surface area contributed by atoms with E-state index in [4.69, 9.17) is 5.73 Å². The molecule has 0 bridgehead atoms. The average molecular weight is 246 g/mol. The van der Waals surface area contributed by atoms with Gasteiger partial charge in [0, 0.05) is 12.6 Å². The topological polar surface area (TPSA) is 80.5 Å². The fourth-order valence-corrected chi connectivity index (χ4v) is 3.95. The van der Waals surface area contributed by atoms with Crippen molar-refractivity contribution in [3.63, 3.8) is 0 Å². The van der Waals surface area contributed by atoms with Crippen LogP contribution < -0.4 is 5.73 Å². The van der Waals surface area contributed by atoms with Gasteiger partial charge in [-0.05, 0) is 25.7 Å². The van der Waals surface area contributed by atoms with Gasteiger partial charge in [-0.25, -0.2) is 8.42 Å². The molecule has 2 saturated heterocycles. The molecule has 2 fully saturated rings. The molecular weight excluding hydrogens is 228 g/mol. The Bertz CT molecular complexity index is 366. The van der Waals surface area contributed by atoms with E-state index in [-0.39, 0.29) is 29.5 Å². The fourth-order valence-electron chi connectivity index (χ4n) is 2.48. The largest absolute Gasteiger partial charge is 0.338 e. The van der Waals surface area contributed by atoms with Gasteiger partial charge < -0.3 is 10.6 Å². The summed E-state index contributed by atoms with van der Waals surface area (Å²) < 4.78 is 22.6. The number of likely N-dealkylation sites (tertiary alicyclic amines) is 1. The minimum atomic E-state index is -2.85. The highest BCUT2D eigenvalue weighted by molar-refractivity contribution is 7.91. The summed E-state index contributed by atoms with van der Waals surface area (Å²) >= 11 is 0. The average Bonchev–Trinajstić information content (AvgIpc) is 2.23. The lowest BCUT2D eigenvalue weighted by Crippen LogP contribution is -2.54. The summed E-state index contributed by atoms with van der Waals surface area (Å²) in [6.45, 7) is 0.733. The van der Waals surface area contributed by atoms with Crippen molar-refractivity contribution in [2.24, 2.45) is 5.73 Å². The molecule has 2 heterocycles. The van der Waals surface area contributed by atoms with E-state index in [9.17, 15) is 13.2 Å². The van der Waals surface area contributed by atoms with Crippen molar-refractivity contribution in [2.75, 3.05) is 18.1 Å². The Morgan fingerprint density at radius 2 is 1.81 bits per heavy atom. The molecule has 0 aliphatic carbocycles. The number of sulfone groups is 1. The molecule has 2 aliphatic heterocycles. The van der Waals surface area contributed by atoms with Crippen molar-refractivity contribution in [3.8, 4) is 0 Å². The molecule has 16 heavy (non-hydrogen) atoms. The van der Waals surface area contributed by atoms with Crippen LogP contribution in [0.3, 0.4) is 0 Å². The summed E-state index contributed by atoms with van der Waals surface area (Å²) in [5, 5.41) is 0. The van der Waals surface area contributed by atoms with Gasteiger partial charge in [0.2, 0.25) is 5.91 Å². The Balaban J connectivity index is 2.01. The Hall–Kier alpha value is -0.620. The van der Waals surface area contributed by atoms with Crippen LogP contribution in [0.25, 0.3) is 0 Å². The number of nitrogens with zero attached hydrogens (tertiary/aromatic N) is 1. The van der Waals surface area contributed by atoms with E-state index in [1.165, 1.54) is 0 Å². The highest BCUT2D eigenvalue weighted by Gasteiger charge is 2.34. The molecule has 6 heteroatoms. The third-order valence-electron chi connectivity index (χ3n) is 3.48. The van der Waals surface area contributed by atoms with Gasteiger partial charge in [-0.2, -0.15) is 0 Å². The van der Waals surface area contributed by atoms with Crippen LogP contribution in [0.4, 0.5) is 0 Å². The summed E-state index contributed by atoms with van der Waals surface area (Å²) in [5.74, 6) is 0.406. The van der Waals surface area contributed by atoms with Crippen LogP contribution in [-0.4, -0.2) is 49.4 Å². The molecule has 0 saturated carbocycles. The number of carbonyl (C=O) groups excluding carboxylic acids is 1. The number of piperidine rings is 1. The molecule has 0 spiro atoms. The Kier molecular flexibility index (Phi) is 3.21. The van der Waals surface area contributed by atoms with Crippen LogP contribution in [0, 0.1) is 0 Å². The summed E-state index contributed by atoms with van der Waals surface area (Å²) in [6.07, 6.45) is 2.82. The first-order valence-electron chi connectivity index (χ1n) is 5.76. The van der Waals surface area contributed by atoms with E-state index >= 15 is 0 Å². The number of nitrogens with two attached hydrogens (primary N) is 1. The Labute approximate surface area is 95.9 Å². The van der Waals surface area contributed by atoms with Crippen molar-refractivity contribution in [3.05, 3.63) is 0 Å². The maximum absolute atomic E-state index is 11.8. The number of carbonyl (C=O) groups is 1. The molecule has 1 atom stereocenters. The van der Waals surface area contributed by atoms with Gasteiger partial charge in [-0.15, -0.1) is 0 Å². The van der Waals surface area contributed by atoms with E-state index in [0.717, 1.165) is 19.4 Å². The molecule has 2 rings (SSSR count). The lowest BCUT2D eigenvalue weighted by atomic mass is 10.0. The number of rotatable bonds is 1. The van der Waals surface area contributed by atoms with Crippen molar-refractivity contribution >= 4 is 15.7 Å². The minimum absolute atomic E-state index is 0.00412. The lowest BCUT2D eigenvalue weighted by Gasteiger charge is -2.38. The van der Waals surface area contributed by atoms with Crippen molar-refractivity contribution < 1.29 is 13.2 Å². The van der Waals surface area contributed by atoms with Crippen LogP contribution >= 0.6 is 0 Å². The molecule has 5 nitrogen and oxygen atoms in total. The molecule has 2 N–H and O–H groups in total. The van der Waals surface area contributed by atoms with Crippen LogP contribution in [-0.2, 0) is 14.6 Å². The SMILES string of the molecule is NC1CCCN(C2CCS(=O)(=O)CC2)C1=O. The maximum Gasteiger partial charge on any atom is 0.239 e. The predicted molar refractivity (Wildman–Crippen MR) is 60.6 cm³/mol. The van der Waals surface area contributed by atoms with Crippen LogP contribution in [0.1, 0.15) is 25.7 Å². The number of amides is 1. The summed E-state index contributed by atoms with van der Waals surface area (Å²) in [4.78, 5) is 13.6. The Morgan fingerprint density at radius 3 is 2.44 bits per heavy atom. The first kappa shape index (κ1) is 11.9. The zero-order chi connectivity index (χ0) is 11.8. The standard InChI is InChI=1S/C10H18N2O3S/c11-9-2-1-5-12(10(9)13)8-3-6-16(14,15)7-4-8/h8-9H,1-7,11H2. The third kappa shape index (κ3) is 2.38. The quantitative estimate of drug-likeness (QED) is 0.677. The second kappa shape index (κ2) is 4.33. The van der Waals surface area contributed by atoms with Gasteiger partial charge in [-0.1, -0.05) is 0 Å². The van der Waals surface area contributed by atoms with Gasteiger partial charge in [0.1, 0.15) is 9.84 Å². The van der Waals surface area contributed by atoms with E-state index < -0.39 is 9.84 Å². The highest BCUT2D eigenvalue weighted by Crippen LogP contribution is 2.22. The molecular formula is C10H18N2O3S. The predicted octanol–water partition coefficient (Wildman–Crippen LogP) is -0.487. The number of hydrogen-bond donors (Lipinski definition) is 1. The molecule has 2 aliphatic rings. The van der Waals surface area contributed by atoms with Gasteiger partial charge in [0.15, 0.2) is 0 Å². The van der Waals surface area contributed by atoms with E-state index in [2.05, 4.69) is 0 Å². The first-order valence-corrected chi connectivity index (χ1v) is 7.58. The molecule has 0 aromatic heterocycles. The van der Waals surface area contributed by atoms with E-state index in [1.807, 2.05) is 0 Å². The highest BCUT2D eigenvalue weighted by atomic mass is 32.2. The molecule has 1 unspecified atom stereocenters. The lowest BCUT2D eigenvalue weighted by molar-refractivity contribution is -0.137. The normalized spacial score (nSPS) is 31.7. The summed E-state index contributed by atoms with van der Waals surface area (Å²) in [7, 11) is -2.85. The van der Waals surface area contributed by atoms with E-state index in [0.29, 0.717) is 12.8 Å². The number of hydrogen-bond acceptors (Lipinski definition) is 4. The van der Waals surface area contributed by atoms with Gasteiger partial charge >= 0.3 is 0 Å². The maximum atomic E-state index is 11.8. The molecule has 0 radical (unpaired) electrons. The summed E-state index contributed by atoms with van der Waals surface area (Å²) in [5.41, 5.74) is 5.72. The van der Waals surface area contributed by atoms with Crippen LogP contribution in [0.2, 0.25) is 0 Å². The summed E-state index contributed by atoms with van der Waals surface area (Å²) in [6, 6.07) is -0.297. The van der Waals surface area contributed by atoms with Crippen LogP contribution in [0.15, 0.2) is 0 Å². The van der Waals surface area contributed by atoms with Gasteiger partial charge in [0.25, 0.3) is 0 Å². The zero-order valence-corrected chi connectivity index (χ0v) is 10.1. The van der Waals surface area contributed by atoms with Gasteiger partial charge in [-0.3, -0.25) is 4.79 Å². The molecule has 0 aromatic rings. The monoisotopic (exact) mass is 246 g/mol. The third-order valence-corrected chi connectivity index (χ3v) is 5.19. The minimum Gasteiger partial charge on any atom is -0.338 e. The second-order valence-electron chi connectivity index (χ2n) is 4.66. The Morgan fingerprint density at radius 1 is 1.19 bits per heavy atom. The first-order chi connectivity index (χ1) is 7.49.